The third kappa shape index (κ3) is 4.38. The first-order chi connectivity index (χ1) is 8.84. The third-order valence-corrected chi connectivity index (χ3v) is 4.90. The molecule has 0 aliphatic heterocycles. The Balaban J connectivity index is 1.71. The van der Waals surface area contributed by atoms with Gasteiger partial charge in [0.05, 0.1) is 0 Å². The molecule has 94 valence electrons. The first kappa shape index (κ1) is 12.9. The number of para-hydroxylation sites is 1. The Kier molecular flexibility index (Phi) is 5.03. The average molecular weight is 256 g/mol. The second-order valence-electron chi connectivity index (χ2n) is 4.62. The fraction of sp³-hybridized carbons (Fsp3) is 0.250. The molecule has 0 heterocycles. The largest absolute Gasteiger partial charge is 0.547 e. The number of rotatable bonds is 6. The second kappa shape index (κ2) is 7.02. The van der Waals surface area contributed by atoms with Crippen LogP contribution in [0.5, 0.6) is 5.75 Å². The highest BCUT2D eigenvalue weighted by atomic mass is 28.3. The molecule has 0 fully saturated rings. The highest BCUT2D eigenvalue weighted by Gasteiger charge is 2.06. The van der Waals surface area contributed by atoms with Crippen LogP contribution in [-0.4, -0.2) is 9.04 Å². The van der Waals surface area contributed by atoms with Crippen LogP contribution in [0.1, 0.15) is 12.0 Å². The predicted molar refractivity (Wildman–Crippen MR) is 79.7 cm³/mol. The molecule has 2 heteroatoms. The molecule has 2 rings (SSSR count). The standard InChI is InChI=1S/C16H20OSi/c1-18(17-16-12-6-3-7-13-16)14-8-11-15-9-4-2-5-10-15/h2-7,9-10,12-13,18H,8,11,14H2,1H3. The molecule has 0 N–H and O–H groups in total. The normalized spacial score (nSPS) is 12.1. The molecule has 2 aromatic rings. The summed E-state index contributed by atoms with van der Waals surface area (Å²) in [6.45, 7) is 2.28. The van der Waals surface area contributed by atoms with Crippen molar-refractivity contribution in [3.8, 4) is 5.75 Å². The molecule has 0 aliphatic rings. The van der Waals surface area contributed by atoms with Gasteiger partial charge in [0.25, 0.3) is 0 Å². The summed E-state index contributed by atoms with van der Waals surface area (Å²) >= 11 is 0. The van der Waals surface area contributed by atoms with E-state index in [1.807, 2.05) is 30.3 Å². The monoisotopic (exact) mass is 256 g/mol. The van der Waals surface area contributed by atoms with E-state index in [2.05, 4.69) is 36.9 Å². The van der Waals surface area contributed by atoms with E-state index in [1.54, 1.807) is 0 Å². The van der Waals surface area contributed by atoms with E-state index in [0.29, 0.717) is 0 Å². The van der Waals surface area contributed by atoms with E-state index >= 15 is 0 Å². The molecule has 1 atom stereocenters. The molecule has 0 saturated heterocycles. The van der Waals surface area contributed by atoms with Gasteiger partial charge in [-0.2, -0.15) is 0 Å². The molecule has 0 amide bonds. The Bertz CT molecular complexity index is 441. The van der Waals surface area contributed by atoms with Crippen LogP contribution in [0.3, 0.4) is 0 Å². The first-order valence-electron chi connectivity index (χ1n) is 6.60. The summed E-state index contributed by atoms with van der Waals surface area (Å²) in [5, 5.41) is 0. The lowest BCUT2D eigenvalue weighted by Crippen LogP contribution is -2.16. The Morgan fingerprint density at radius 3 is 2.17 bits per heavy atom. The van der Waals surface area contributed by atoms with Crippen molar-refractivity contribution in [2.24, 2.45) is 0 Å². The molecule has 2 aromatic carbocycles. The van der Waals surface area contributed by atoms with Gasteiger partial charge in [0.1, 0.15) is 5.75 Å². The minimum Gasteiger partial charge on any atom is -0.547 e. The van der Waals surface area contributed by atoms with E-state index in [9.17, 15) is 0 Å². The summed E-state index contributed by atoms with van der Waals surface area (Å²) in [6.07, 6.45) is 2.39. The SMILES string of the molecule is C[SiH](CCCc1ccccc1)Oc1ccccc1. The molecule has 0 radical (unpaired) electrons. The van der Waals surface area contributed by atoms with E-state index in [0.717, 1.165) is 12.2 Å². The molecule has 0 aliphatic carbocycles. The van der Waals surface area contributed by atoms with Crippen molar-refractivity contribution in [3.05, 3.63) is 66.2 Å². The van der Waals surface area contributed by atoms with Crippen molar-refractivity contribution >= 4 is 9.04 Å². The lowest BCUT2D eigenvalue weighted by Gasteiger charge is -2.13. The lowest BCUT2D eigenvalue weighted by atomic mass is 10.1. The van der Waals surface area contributed by atoms with Crippen LogP contribution in [0.2, 0.25) is 12.6 Å². The van der Waals surface area contributed by atoms with Crippen molar-refractivity contribution in [1.29, 1.82) is 0 Å². The van der Waals surface area contributed by atoms with E-state index in [1.165, 1.54) is 18.0 Å². The predicted octanol–water partition coefficient (Wildman–Crippen LogP) is 4.05. The highest BCUT2D eigenvalue weighted by molar-refractivity contribution is 6.51. The average Bonchev–Trinajstić information content (AvgIpc) is 2.41. The second-order valence-corrected chi connectivity index (χ2v) is 7.05. The Morgan fingerprint density at radius 1 is 0.889 bits per heavy atom. The summed E-state index contributed by atoms with van der Waals surface area (Å²) in [4.78, 5) is 0. The van der Waals surface area contributed by atoms with E-state index < -0.39 is 9.04 Å². The Morgan fingerprint density at radius 2 is 1.50 bits per heavy atom. The van der Waals surface area contributed by atoms with Crippen molar-refractivity contribution in [1.82, 2.24) is 0 Å². The van der Waals surface area contributed by atoms with Crippen LogP contribution >= 0.6 is 0 Å². The van der Waals surface area contributed by atoms with Gasteiger partial charge in [-0.05, 0) is 43.1 Å². The molecule has 0 aromatic heterocycles. The lowest BCUT2D eigenvalue weighted by molar-refractivity contribution is 0.568. The number of aryl methyl sites for hydroxylation is 1. The van der Waals surface area contributed by atoms with Crippen LogP contribution in [0.25, 0.3) is 0 Å². The molecular weight excluding hydrogens is 236 g/mol. The minimum absolute atomic E-state index is 1.02. The van der Waals surface area contributed by atoms with Crippen LogP contribution in [0, 0.1) is 0 Å². The van der Waals surface area contributed by atoms with Gasteiger partial charge in [-0.1, -0.05) is 48.5 Å². The molecule has 0 bridgehead atoms. The van der Waals surface area contributed by atoms with E-state index in [-0.39, 0.29) is 0 Å². The number of hydrogen-bond donors (Lipinski definition) is 0. The summed E-state index contributed by atoms with van der Waals surface area (Å²) < 4.78 is 5.99. The van der Waals surface area contributed by atoms with Crippen LogP contribution in [-0.2, 0) is 6.42 Å². The van der Waals surface area contributed by atoms with Gasteiger partial charge in [0.15, 0.2) is 0 Å². The third-order valence-electron chi connectivity index (χ3n) is 3.00. The maximum absolute atomic E-state index is 5.99. The summed E-state index contributed by atoms with van der Waals surface area (Å²) in [5.41, 5.74) is 1.43. The zero-order chi connectivity index (χ0) is 12.6. The van der Waals surface area contributed by atoms with Gasteiger partial charge in [-0.25, -0.2) is 0 Å². The van der Waals surface area contributed by atoms with Gasteiger partial charge in [0, 0.05) is 0 Å². The van der Waals surface area contributed by atoms with Crippen LogP contribution in [0.15, 0.2) is 60.7 Å². The van der Waals surface area contributed by atoms with E-state index in [4.69, 9.17) is 4.43 Å². The van der Waals surface area contributed by atoms with Gasteiger partial charge in [-0.3, -0.25) is 0 Å². The topological polar surface area (TPSA) is 9.23 Å². The summed E-state index contributed by atoms with van der Waals surface area (Å²) in [6, 6.07) is 22.1. The zero-order valence-corrected chi connectivity index (χ0v) is 12.0. The molecule has 1 nitrogen and oxygen atoms in total. The van der Waals surface area contributed by atoms with Gasteiger partial charge >= 0.3 is 0 Å². The smallest absolute Gasteiger partial charge is 0.232 e. The molecule has 1 unspecified atom stereocenters. The van der Waals surface area contributed by atoms with Crippen LogP contribution < -0.4 is 4.43 Å². The van der Waals surface area contributed by atoms with Crippen LogP contribution in [0.4, 0.5) is 0 Å². The maximum atomic E-state index is 5.99. The summed E-state index contributed by atoms with van der Waals surface area (Å²) in [5.74, 6) is 1.02. The minimum atomic E-state index is -1.07. The number of hydrogen-bond acceptors (Lipinski definition) is 1. The molecular formula is C16H20OSi. The van der Waals surface area contributed by atoms with Gasteiger partial charge < -0.3 is 4.43 Å². The zero-order valence-electron chi connectivity index (χ0n) is 10.9. The fourth-order valence-corrected chi connectivity index (χ4v) is 3.55. The maximum Gasteiger partial charge on any atom is 0.232 e. The Hall–Kier alpha value is -1.54. The van der Waals surface area contributed by atoms with Gasteiger partial charge in [0.2, 0.25) is 9.04 Å². The van der Waals surface area contributed by atoms with Crippen molar-refractivity contribution < 1.29 is 4.43 Å². The van der Waals surface area contributed by atoms with Crippen molar-refractivity contribution in [3.63, 3.8) is 0 Å². The quantitative estimate of drug-likeness (QED) is 0.708. The molecule has 0 saturated carbocycles. The molecule has 0 spiro atoms. The van der Waals surface area contributed by atoms with Gasteiger partial charge in [-0.15, -0.1) is 0 Å². The van der Waals surface area contributed by atoms with Crippen molar-refractivity contribution in [2.45, 2.75) is 25.4 Å². The summed E-state index contributed by atoms with van der Waals surface area (Å²) in [7, 11) is -1.07. The van der Waals surface area contributed by atoms with Crippen molar-refractivity contribution in [2.75, 3.05) is 0 Å². The number of benzene rings is 2. The fourth-order valence-electron chi connectivity index (χ4n) is 2.03. The Labute approximate surface area is 111 Å². The molecule has 18 heavy (non-hydrogen) atoms. The first-order valence-corrected chi connectivity index (χ1v) is 9.04. The highest BCUT2D eigenvalue weighted by Crippen LogP contribution is 2.13.